The number of hydrogen-bond donors (Lipinski definition) is 0. The lowest BCUT2D eigenvalue weighted by atomic mass is 10.2. The third-order valence-electron chi connectivity index (χ3n) is 2.16. The summed E-state index contributed by atoms with van der Waals surface area (Å²) in [6.45, 7) is 2.84. The van der Waals surface area contributed by atoms with Crippen molar-refractivity contribution < 1.29 is 4.74 Å². The molecule has 0 spiro atoms. The molecule has 0 saturated heterocycles. The Morgan fingerprint density at radius 3 is 3.00 bits per heavy atom. The van der Waals surface area contributed by atoms with Crippen LogP contribution in [0, 0.1) is 11.3 Å². The van der Waals surface area contributed by atoms with Gasteiger partial charge in [0.15, 0.2) is 5.75 Å². The van der Waals surface area contributed by atoms with Crippen molar-refractivity contribution in [2.24, 2.45) is 0 Å². The van der Waals surface area contributed by atoms with E-state index < -0.39 is 0 Å². The van der Waals surface area contributed by atoms with Crippen LogP contribution >= 0.6 is 0 Å². The zero-order valence-electron chi connectivity index (χ0n) is 9.07. The molecule has 3 heteroatoms. The number of hydrogen-bond acceptors (Lipinski definition) is 3. The molecular formula is C12H16N2O. The predicted molar refractivity (Wildman–Crippen MR) is 58.6 cm³/mol. The molecule has 0 bridgehead atoms. The summed E-state index contributed by atoms with van der Waals surface area (Å²) >= 11 is 0. The van der Waals surface area contributed by atoms with Crippen LogP contribution in [0.4, 0.5) is 0 Å². The first-order valence-corrected chi connectivity index (χ1v) is 5.35. The molecule has 0 saturated carbocycles. The van der Waals surface area contributed by atoms with E-state index in [-0.39, 0.29) is 0 Å². The quantitative estimate of drug-likeness (QED) is 0.669. The zero-order chi connectivity index (χ0) is 10.9. The SMILES string of the molecule is CCCCCCOc1cnccc1C#N. The van der Waals surface area contributed by atoms with E-state index in [0.29, 0.717) is 17.9 Å². The molecule has 1 aromatic heterocycles. The number of nitriles is 1. The fourth-order valence-corrected chi connectivity index (χ4v) is 1.30. The van der Waals surface area contributed by atoms with Gasteiger partial charge in [0.1, 0.15) is 6.07 Å². The highest BCUT2D eigenvalue weighted by Crippen LogP contribution is 2.15. The number of unbranched alkanes of at least 4 members (excludes halogenated alkanes) is 3. The highest BCUT2D eigenvalue weighted by atomic mass is 16.5. The molecule has 0 amide bonds. The average molecular weight is 204 g/mol. The highest BCUT2D eigenvalue weighted by molar-refractivity contribution is 5.40. The molecule has 80 valence electrons. The minimum Gasteiger partial charge on any atom is -0.491 e. The Labute approximate surface area is 90.7 Å². The summed E-state index contributed by atoms with van der Waals surface area (Å²) in [6, 6.07) is 3.75. The molecular weight excluding hydrogens is 188 g/mol. The molecule has 0 radical (unpaired) electrons. The van der Waals surface area contributed by atoms with Gasteiger partial charge in [0.25, 0.3) is 0 Å². The summed E-state index contributed by atoms with van der Waals surface area (Å²) in [7, 11) is 0. The molecule has 1 rings (SSSR count). The summed E-state index contributed by atoms with van der Waals surface area (Å²) < 4.78 is 5.49. The van der Waals surface area contributed by atoms with E-state index in [1.54, 1.807) is 18.5 Å². The number of nitrogens with zero attached hydrogens (tertiary/aromatic N) is 2. The molecule has 0 aliphatic rings. The molecule has 0 fully saturated rings. The van der Waals surface area contributed by atoms with Crippen LogP contribution in [0.3, 0.4) is 0 Å². The first-order chi connectivity index (χ1) is 7.38. The van der Waals surface area contributed by atoms with Gasteiger partial charge in [-0.2, -0.15) is 5.26 Å². The molecule has 0 aliphatic heterocycles. The maximum Gasteiger partial charge on any atom is 0.155 e. The lowest BCUT2D eigenvalue weighted by Gasteiger charge is -2.06. The summed E-state index contributed by atoms with van der Waals surface area (Å²) in [4.78, 5) is 3.93. The van der Waals surface area contributed by atoms with Gasteiger partial charge in [-0.3, -0.25) is 4.98 Å². The largest absolute Gasteiger partial charge is 0.491 e. The molecule has 0 atom stereocenters. The molecule has 0 N–H and O–H groups in total. The van der Waals surface area contributed by atoms with Gasteiger partial charge in [0.05, 0.1) is 18.4 Å². The lowest BCUT2D eigenvalue weighted by molar-refractivity contribution is 0.303. The summed E-state index contributed by atoms with van der Waals surface area (Å²) in [5.74, 6) is 0.594. The van der Waals surface area contributed by atoms with Crippen molar-refractivity contribution >= 4 is 0 Å². The van der Waals surface area contributed by atoms with Gasteiger partial charge in [-0.25, -0.2) is 0 Å². The number of ether oxygens (including phenoxy) is 1. The molecule has 1 heterocycles. The second-order valence-corrected chi connectivity index (χ2v) is 3.39. The lowest BCUT2D eigenvalue weighted by Crippen LogP contribution is -1.99. The highest BCUT2D eigenvalue weighted by Gasteiger charge is 2.01. The van der Waals surface area contributed by atoms with E-state index in [1.807, 2.05) is 0 Å². The van der Waals surface area contributed by atoms with Gasteiger partial charge in [-0.1, -0.05) is 26.2 Å². The van der Waals surface area contributed by atoms with Crippen LogP contribution in [-0.4, -0.2) is 11.6 Å². The van der Waals surface area contributed by atoms with Gasteiger partial charge in [-0.05, 0) is 12.5 Å². The van der Waals surface area contributed by atoms with Gasteiger partial charge < -0.3 is 4.74 Å². The fraction of sp³-hybridized carbons (Fsp3) is 0.500. The van der Waals surface area contributed by atoms with E-state index in [0.717, 1.165) is 6.42 Å². The Morgan fingerprint density at radius 2 is 2.27 bits per heavy atom. The summed E-state index contributed by atoms with van der Waals surface area (Å²) in [5, 5.41) is 8.80. The molecule has 15 heavy (non-hydrogen) atoms. The molecule has 0 aromatic carbocycles. The monoisotopic (exact) mass is 204 g/mol. The summed E-state index contributed by atoms with van der Waals surface area (Å²) in [6.07, 6.45) is 7.87. The fourth-order valence-electron chi connectivity index (χ4n) is 1.30. The Hall–Kier alpha value is -1.56. The third-order valence-corrected chi connectivity index (χ3v) is 2.16. The number of pyridine rings is 1. The van der Waals surface area contributed by atoms with Gasteiger partial charge in [0, 0.05) is 6.20 Å². The predicted octanol–water partition coefficient (Wildman–Crippen LogP) is 2.91. The maximum absolute atomic E-state index is 8.80. The van der Waals surface area contributed by atoms with Crippen molar-refractivity contribution in [3.05, 3.63) is 24.0 Å². The minimum absolute atomic E-state index is 0.556. The van der Waals surface area contributed by atoms with E-state index >= 15 is 0 Å². The normalized spacial score (nSPS) is 9.60. The Bertz CT molecular complexity index is 331. The number of aromatic nitrogens is 1. The zero-order valence-corrected chi connectivity index (χ0v) is 9.07. The third kappa shape index (κ3) is 3.99. The maximum atomic E-state index is 8.80. The number of rotatable bonds is 6. The Morgan fingerprint density at radius 1 is 1.40 bits per heavy atom. The van der Waals surface area contributed by atoms with Crippen LogP contribution in [0.5, 0.6) is 5.75 Å². The van der Waals surface area contributed by atoms with E-state index in [9.17, 15) is 0 Å². The van der Waals surface area contributed by atoms with Crippen LogP contribution in [0.1, 0.15) is 38.2 Å². The summed E-state index contributed by atoms with van der Waals surface area (Å²) in [5.41, 5.74) is 0.556. The van der Waals surface area contributed by atoms with E-state index in [2.05, 4.69) is 18.0 Å². The smallest absolute Gasteiger partial charge is 0.155 e. The second kappa shape index (κ2) is 6.83. The van der Waals surface area contributed by atoms with Gasteiger partial charge >= 0.3 is 0 Å². The van der Waals surface area contributed by atoms with Gasteiger partial charge in [-0.15, -0.1) is 0 Å². The minimum atomic E-state index is 0.556. The van der Waals surface area contributed by atoms with E-state index in [1.165, 1.54) is 19.3 Å². The van der Waals surface area contributed by atoms with Crippen molar-refractivity contribution in [3.63, 3.8) is 0 Å². The average Bonchev–Trinajstić information content (AvgIpc) is 2.29. The van der Waals surface area contributed by atoms with Crippen molar-refractivity contribution in [3.8, 4) is 11.8 Å². The van der Waals surface area contributed by atoms with Crippen LogP contribution in [0.25, 0.3) is 0 Å². The first kappa shape index (κ1) is 11.5. The molecule has 0 aliphatic carbocycles. The van der Waals surface area contributed by atoms with Crippen LogP contribution in [-0.2, 0) is 0 Å². The molecule has 1 aromatic rings. The topological polar surface area (TPSA) is 45.9 Å². The second-order valence-electron chi connectivity index (χ2n) is 3.39. The van der Waals surface area contributed by atoms with Crippen molar-refractivity contribution in [2.45, 2.75) is 32.6 Å². The molecule has 3 nitrogen and oxygen atoms in total. The van der Waals surface area contributed by atoms with E-state index in [4.69, 9.17) is 10.00 Å². The van der Waals surface area contributed by atoms with Crippen LogP contribution < -0.4 is 4.74 Å². The van der Waals surface area contributed by atoms with Crippen molar-refractivity contribution in [1.82, 2.24) is 4.98 Å². The van der Waals surface area contributed by atoms with Crippen molar-refractivity contribution in [2.75, 3.05) is 6.61 Å². The first-order valence-electron chi connectivity index (χ1n) is 5.35. The van der Waals surface area contributed by atoms with Crippen molar-refractivity contribution in [1.29, 1.82) is 5.26 Å². The molecule has 0 unspecified atom stereocenters. The van der Waals surface area contributed by atoms with Crippen LogP contribution in [0.2, 0.25) is 0 Å². The van der Waals surface area contributed by atoms with Crippen LogP contribution in [0.15, 0.2) is 18.5 Å². The van der Waals surface area contributed by atoms with Gasteiger partial charge in [0.2, 0.25) is 0 Å². The Kier molecular flexibility index (Phi) is 5.24. The Balaban J connectivity index is 2.34. The standard InChI is InChI=1S/C12H16N2O/c1-2-3-4-5-8-15-12-10-14-7-6-11(12)9-13/h6-7,10H,2-5,8H2,1H3.